The lowest BCUT2D eigenvalue weighted by Gasteiger charge is -2.19. The van der Waals surface area contributed by atoms with Crippen molar-refractivity contribution in [2.75, 3.05) is 13.1 Å². The van der Waals surface area contributed by atoms with Crippen molar-refractivity contribution in [1.82, 2.24) is 15.1 Å². The van der Waals surface area contributed by atoms with Crippen molar-refractivity contribution >= 4 is 0 Å². The van der Waals surface area contributed by atoms with Crippen LogP contribution in [-0.2, 0) is 13.5 Å². The summed E-state index contributed by atoms with van der Waals surface area (Å²) in [4.78, 5) is 0. The smallest absolute Gasteiger partial charge is 0.0521 e. The molecule has 20 heavy (non-hydrogen) atoms. The lowest BCUT2D eigenvalue weighted by molar-refractivity contribution is 0.559. The van der Waals surface area contributed by atoms with Crippen molar-refractivity contribution in [3.63, 3.8) is 0 Å². The number of rotatable bonds is 7. The molecule has 3 nitrogen and oxygen atoms in total. The molecule has 2 aromatic rings. The molecule has 0 aliphatic carbocycles. The Kier molecular flexibility index (Phi) is 5.36. The van der Waals surface area contributed by atoms with E-state index in [4.69, 9.17) is 0 Å². The number of nitrogens with one attached hydrogen (secondary N) is 1. The molecular formula is C17H25N3. The molecular weight excluding hydrogens is 246 g/mol. The van der Waals surface area contributed by atoms with Crippen LogP contribution in [0.2, 0.25) is 0 Å². The van der Waals surface area contributed by atoms with Crippen LogP contribution in [0.5, 0.6) is 0 Å². The Balaban J connectivity index is 2.05. The summed E-state index contributed by atoms with van der Waals surface area (Å²) in [7, 11) is 1.97. The van der Waals surface area contributed by atoms with Gasteiger partial charge in [0.05, 0.1) is 6.20 Å². The third kappa shape index (κ3) is 3.94. The van der Waals surface area contributed by atoms with E-state index < -0.39 is 0 Å². The number of hydrogen-bond donors (Lipinski definition) is 1. The van der Waals surface area contributed by atoms with Gasteiger partial charge < -0.3 is 5.32 Å². The molecule has 1 heterocycles. The number of aryl methyl sites for hydroxylation is 3. The number of likely N-dealkylation sites (N-methyl/N-ethyl adjacent to an activating group) is 1. The molecule has 0 radical (unpaired) electrons. The zero-order valence-corrected chi connectivity index (χ0v) is 12.8. The van der Waals surface area contributed by atoms with Gasteiger partial charge in [0.25, 0.3) is 0 Å². The predicted molar refractivity (Wildman–Crippen MR) is 84.0 cm³/mol. The quantitative estimate of drug-likeness (QED) is 0.839. The second-order valence-electron chi connectivity index (χ2n) is 5.42. The molecule has 1 aromatic heterocycles. The van der Waals surface area contributed by atoms with Crippen LogP contribution in [0, 0.1) is 6.92 Å². The summed E-state index contributed by atoms with van der Waals surface area (Å²) in [6.45, 7) is 6.44. The largest absolute Gasteiger partial charge is 0.316 e. The van der Waals surface area contributed by atoms with E-state index in [2.05, 4.69) is 54.7 Å². The number of nitrogens with zero attached hydrogens (tertiary/aromatic N) is 2. The van der Waals surface area contributed by atoms with Gasteiger partial charge in [-0.3, -0.25) is 4.68 Å². The van der Waals surface area contributed by atoms with E-state index in [0.29, 0.717) is 5.92 Å². The second kappa shape index (κ2) is 7.25. The summed E-state index contributed by atoms with van der Waals surface area (Å²) in [5.74, 6) is 0.566. The minimum atomic E-state index is 0.566. The molecule has 0 spiro atoms. The topological polar surface area (TPSA) is 29.9 Å². The van der Waals surface area contributed by atoms with Crippen LogP contribution in [0.15, 0.2) is 36.7 Å². The lowest BCUT2D eigenvalue weighted by Crippen LogP contribution is -2.22. The Morgan fingerprint density at radius 3 is 2.75 bits per heavy atom. The van der Waals surface area contributed by atoms with Gasteiger partial charge in [0.15, 0.2) is 0 Å². The highest BCUT2D eigenvalue weighted by molar-refractivity contribution is 5.29. The normalized spacial score (nSPS) is 12.6. The number of aromatic nitrogens is 2. The lowest BCUT2D eigenvalue weighted by atomic mass is 9.90. The maximum absolute atomic E-state index is 4.25. The Morgan fingerprint density at radius 1 is 1.30 bits per heavy atom. The SMILES string of the molecule is CCNCC(CCc1cnn(C)c1)c1ccccc1C. The van der Waals surface area contributed by atoms with Gasteiger partial charge in [0.1, 0.15) is 0 Å². The highest BCUT2D eigenvalue weighted by Gasteiger charge is 2.13. The van der Waals surface area contributed by atoms with E-state index in [1.165, 1.54) is 16.7 Å². The summed E-state index contributed by atoms with van der Waals surface area (Å²) in [5, 5.41) is 7.74. The molecule has 0 amide bonds. The van der Waals surface area contributed by atoms with Crippen molar-refractivity contribution in [3.8, 4) is 0 Å². The first kappa shape index (κ1) is 14.8. The Bertz CT molecular complexity index is 531. The molecule has 0 aliphatic rings. The van der Waals surface area contributed by atoms with Crippen LogP contribution in [-0.4, -0.2) is 22.9 Å². The van der Waals surface area contributed by atoms with E-state index in [0.717, 1.165) is 25.9 Å². The fourth-order valence-corrected chi connectivity index (χ4v) is 2.67. The average Bonchev–Trinajstić information content (AvgIpc) is 2.86. The van der Waals surface area contributed by atoms with Gasteiger partial charge in [0, 0.05) is 19.8 Å². The summed E-state index contributed by atoms with van der Waals surface area (Å²) in [5.41, 5.74) is 4.18. The van der Waals surface area contributed by atoms with E-state index in [1.54, 1.807) is 0 Å². The molecule has 1 atom stereocenters. The molecule has 0 bridgehead atoms. The molecule has 1 N–H and O–H groups in total. The minimum absolute atomic E-state index is 0.566. The average molecular weight is 271 g/mol. The molecule has 2 rings (SSSR count). The Hall–Kier alpha value is -1.61. The first-order valence-corrected chi connectivity index (χ1v) is 7.44. The van der Waals surface area contributed by atoms with Crippen molar-refractivity contribution in [3.05, 3.63) is 53.3 Å². The van der Waals surface area contributed by atoms with Crippen LogP contribution < -0.4 is 5.32 Å². The van der Waals surface area contributed by atoms with Gasteiger partial charge in [-0.15, -0.1) is 0 Å². The van der Waals surface area contributed by atoms with E-state index in [9.17, 15) is 0 Å². The monoisotopic (exact) mass is 271 g/mol. The summed E-state index contributed by atoms with van der Waals surface area (Å²) < 4.78 is 1.88. The van der Waals surface area contributed by atoms with Gasteiger partial charge in [-0.1, -0.05) is 31.2 Å². The van der Waals surface area contributed by atoms with Crippen LogP contribution in [0.25, 0.3) is 0 Å². The van der Waals surface area contributed by atoms with Gasteiger partial charge >= 0.3 is 0 Å². The molecule has 1 unspecified atom stereocenters. The standard InChI is InChI=1S/C17H25N3/c1-4-18-12-16(17-8-6-5-7-14(17)2)10-9-15-11-19-20(3)13-15/h5-8,11,13,16,18H,4,9-10,12H2,1-3H3. The highest BCUT2D eigenvalue weighted by Crippen LogP contribution is 2.24. The number of benzene rings is 1. The van der Waals surface area contributed by atoms with Gasteiger partial charge in [-0.2, -0.15) is 5.10 Å². The summed E-state index contributed by atoms with van der Waals surface area (Å²) in [6.07, 6.45) is 6.33. The second-order valence-corrected chi connectivity index (χ2v) is 5.42. The van der Waals surface area contributed by atoms with Crippen LogP contribution in [0.4, 0.5) is 0 Å². The predicted octanol–water partition coefficient (Wildman–Crippen LogP) is 3.05. The maximum Gasteiger partial charge on any atom is 0.0521 e. The zero-order chi connectivity index (χ0) is 14.4. The molecule has 108 valence electrons. The first-order chi connectivity index (χ1) is 9.70. The molecule has 0 fully saturated rings. The van der Waals surface area contributed by atoms with Gasteiger partial charge in [-0.05, 0) is 48.9 Å². The fourth-order valence-electron chi connectivity index (χ4n) is 2.67. The van der Waals surface area contributed by atoms with Crippen LogP contribution in [0.1, 0.15) is 36.0 Å². The van der Waals surface area contributed by atoms with Gasteiger partial charge in [-0.25, -0.2) is 0 Å². The molecule has 3 heteroatoms. The van der Waals surface area contributed by atoms with Gasteiger partial charge in [0.2, 0.25) is 0 Å². The van der Waals surface area contributed by atoms with E-state index in [-0.39, 0.29) is 0 Å². The van der Waals surface area contributed by atoms with Crippen LogP contribution >= 0.6 is 0 Å². The summed E-state index contributed by atoms with van der Waals surface area (Å²) in [6, 6.07) is 8.73. The van der Waals surface area contributed by atoms with Crippen molar-refractivity contribution < 1.29 is 0 Å². The molecule has 0 saturated carbocycles. The van der Waals surface area contributed by atoms with E-state index in [1.807, 2.05) is 17.9 Å². The number of hydrogen-bond acceptors (Lipinski definition) is 2. The van der Waals surface area contributed by atoms with E-state index >= 15 is 0 Å². The summed E-state index contributed by atoms with van der Waals surface area (Å²) >= 11 is 0. The third-order valence-electron chi connectivity index (χ3n) is 3.81. The molecule has 1 aromatic carbocycles. The first-order valence-electron chi connectivity index (χ1n) is 7.44. The van der Waals surface area contributed by atoms with Crippen molar-refractivity contribution in [2.45, 2.75) is 32.6 Å². The van der Waals surface area contributed by atoms with Crippen molar-refractivity contribution in [2.24, 2.45) is 7.05 Å². The maximum atomic E-state index is 4.25. The fraction of sp³-hybridized carbons (Fsp3) is 0.471. The minimum Gasteiger partial charge on any atom is -0.316 e. The highest BCUT2D eigenvalue weighted by atomic mass is 15.2. The molecule has 0 aliphatic heterocycles. The Labute approximate surface area is 122 Å². The van der Waals surface area contributed by atoms with Crippen LogP contribution in [0.3, 0.4) is 0 Å². The third-order valence-corrected chi connectivity index (χ3v) is 3.81. The zero-order valence-electron chi connectivity index (χ0n) is 12.8. The Morgan fingerprint density at radius 2 is 2.10 bits per heavy atom. The molecule has 0 saturated heterocycles. The van der Waals surface area contributed by atoms with Crippen molar-refractivity contribution in [1.29, 1.82) is 0 Å².